The molecule has 0 aromatic carbocycles. The molecule has 1 aliphatic rings. The molecule has 54 valence electrons. The van der Waals surface area contributed by atoms with Gasteiger partial charge < -0.3 is 10.2 Å². The van der Waals surface area contributed by atoms with Crippen molar-refractivity contribution in [2.24, 2.45) is 11.8 Å². The average Bonchev–Trinajstić information content (AvgIpc) is 1.98. The fourth-order valence-corrected chi connectivity index (χ4v) is 1.54. The Bertz CT molecular complexity index is 91.1. The summed E-state index contributed by atoms with van der Waals surface area (Å²) in [5, 5.41) is 18.4. The summed E-state index contributed by atoms with van der Waals surface area (Å²) in [5.41, 5.74) is 0. The molecule has 1 aliphatic carbocycles. The lowest BCUT2D eigenvalue weighted by Crippen LogP contribution is -2.26. The fraction of sp³-hybridized carbons (Fsp3) is 1.00. The minimum Gasteiger partial charge on any atom is -0.390 e. The van der Waals surface area contributed by atoms with Gasteiger partial charge in [0.1, 0.15) is 0 Å². The van der Waals surface area contributed by atoms with Crippen LogP contribution in [0.4, 0.5) is 0 Å². The first-order valence-corrected chi connectivity index (χ1v) is 3.49. The number of aliphatic hydroxyl groups excluding tert-OH is 2. The third-order valence-electron chi connectivity index (χ3n) is 2.26. The first-order valence-electron chi connectivity index (χ1n) is 3.49. The van der Waals surface area contributed by atoms with E-state index in [9.17, 15) is 10.2 Å². The maximum Gasteiger partial charge on any atom is 0.0827 e. The summed E-state index contributed by atoms with van der Waals surface area (Å²) in [5.74, 6) is 0.546. The highest BCUT2D eigenvalue weighted by Crippen LogP contribution is 2.30. The summed E-state index contributed by atoms with van der Waals surface area (Å²) in [6, 6.07) is 0. The Morgan fingerprint density at radius 2 is 1.33 bits per heavy atom. The molecule has 0 aromatic heterocycles. The molecule has 0 heterocycles. The molecule has 0 bridgehead atoms. The Kier molecular flexibility index (Phi) is 1.78. The molecule has 1 saturated carbocycles. The molecule has 1 unspecified atom stereocenters. The molecular formula is C7H14O2. The maximum atomic E-state index is 9.19. The smallest absolute Gasteiger partial charge is 0.0827 e. The van der Waals surface area contributed by atoms with E-state index in [0.717, 1.165) is 6.42 Å². The van der Waals surface area contributed by atoms with Crippen LogP contribution in [0, 0.1) is 11.8 Å². The van der Waals surface area contributed by atoms with Gasteiger partial charge >= 0.3 is 0 Å². The predicted octanol–water partition coefficient (Wildman–Crippen LogP) is 0.384. The minimum atomic E-state index is -0.486. The molecule has 2 nitrogen and oxygen atoms in total. The van der Waals surface area contributed by atoms with Gasteiger partial charge in [-0.05, 0) is 18.3 Å². The van der Waals surface area contributed by atoms with Crippen LogP contribution in [0.3, 0.4) is 0 Å². The van der Waals surface area contributed by atoms with E-state index in [1.54, 1.807) is 0 Å². The van der Waals surface area contributed by atoms with E-state index in [1.165, 1.54) is 0 Å². The summed E-state index contributed by atoms with van der Waals surface area (Å²) in [6.45, 7) is 3.94. The van der Waals surface area contributed by atoms with Crippen LogP contribution in [0.2, 0.25) is 0 Å². The molecule has 9 heavy (non-hydrogen) atoms. The Morgan fingerprint density at radius 3 is 1.44 bits per heavy atom. The largest absolute Gasteiger partial charge is 0.390 e. The highest BCUT2D eigenvalue weighted by Gasteiger charge is 2.35. The van der Waals surface area contributed by atoms with Crippen molar-refractivity contribution in [3.8, 4) is 0 Å². The summed E-state index contributed by atoms with van der Waals surface area (Å²) < 4.78 is 0. The van der Waals surface area contributed by atoms with Crippen LogP contribution in [0.5, 0.6) is 0 Å². The van der Waals surface area contributed by atoms with Gasteiger partial charge in [0.15, 0.2) is 0 Å². The molecule has 0 amide bonds. The van der Waals surface area contributed by atoms with Gasteiger partial charge in [-0.1, -0.05) is 13.8 Å². The van der Waals surface area contributed by atoms with Crippen molar-refractivity contribution >= 4 is 0 Å². The van der Waals surface area contributed by atoms with E-state index >= 15 is 0 Å². The minimum absolute atomic E-state index is 0.273. The van der Waals surface area contributed by atoms with Crippen LogP contribution in [0.15, 0.2) is 0 Å². The van der Waals surface area contributed by atoms with Gasteiger partial charge in [-0.2, -0.15) is 0 Å². The second kappa shape index (κ2) is 2.27. The number of hydrogen-bond donors (Lipinski definition) is 2. The molecule has 0 aliphatic heterocycles. The topological polar surface area (TPSA) is 40.5 Å². The van der Waals surface area contributed by atoms with E-state index < -0.39 is 12.2 Å². The average molecular weight is 130 g/mol. The van der Waals surface area contributed by atoms with Crippen LogP contribution in [0.25, 0.3) is 0 Å². The lowest BCUT2D eigenvalue weighted by atomic mass is 10.1. The Morgan fingerprint density at radius 1 is 1.00 bits per heavy atom. The summed E-state index contributed by atoms with van der Waals surface area (Å²) in [6.07, 6.45) is -0.0255. The molecule has 0 aromatic rings. The van der Waals surface area contributed by atoms with Crippen molar-refractivity contribution in [3.63, 3.8) is 0 Å². The van der Waals surface area contributed by atoms with Gasteiger partial charge in [-0.25, -0.2) is 0 Å². The van der Waals surface area contributed by atoms with Crippen LogP contribution in [0.1, 0.15) is 20.3 Å². The second-order valence-corrected chi connectivity index (χ2v) is 3.17. The zero-order chi connectivity index (χ0) is 7.02. The van der Waals surface area contributed by atoms with Crippen LogP contribution in [-0.4, -0.2) is 22.4 Å². The zero-order valence-electron chi connectivity index (χ0n) is 5.91. The van der Waals surface area contributed by atoms with Crippen molar-refractivity contribution in [3.05, 3.63) is 0 Å². The molecule has 2 N–H and O–H groups in total. The SMILES string of the molecule is C[C@@H]1C[C@H](C)[C@H](O)C1O. The van der Waals surface area contributed by atoms with Crippen molar-refractivity contribution in [1.29, 1.82) is 0 Å². The second-order valence-electron chi connectivity index (χ2n) is 3.17. The Labute approximate surface area is 55.5 Å². The van der Waals surface area contributed by atoms with Gasteiger partial charge in [-0.3, -0.25) is 0 Å². The van der Waals surface area contributed by atoms with Crippen molar-refractivity contribution < 1.29 is 10.2 Å². The van der Waals surface area contributed by atoms with E-state index in [4.69, 9.17) is 0 Å². The Hall–Kier alpha value is -0.0800. The lowest BCUT2D eigenvalue weighted by Gasteiger charge is -2.11. The normalized spacial score (nSPS) is 52.0. The number of hydrogen-bond acceptors (Lipinski definition) is 2. The van der Waals surface area contributed by atoms with Crippen molar-refractivity contribution in [1.82, 2.24) is 0 Å². The quantitative estimate of drug-likeness (QED) is 0.498. The monoisotopic (exact) mass is 130 g/mol. The van der Waals surface area contributed by atoms with Crippen LogP contribution >= 0.6 is 0 Å². The molecule has 0 spiro atoms. The lowest BCUT2D eigenvalue weighted by molar-refractivity contribution is 0.00981. The van der Waals surface area contributed by atoms with Crippen molar-refractivity contribution in [2.75, 3.05) is 0 Å². The Balaban J connectivity index is 2.54. The van der Waals surface area contributed by atoms with Crippen LogP contribution < -0.4 is 0 Å². The van der Waals surface area contributed by atoms with Gasteiger partial charge in [0.05, 0.1) is 12.2 Å². The van der Waals surface area contributed by atoms with Gasteiger partial charge in [0.2, 0.25) is 0 Å². The first-order chi connectivity index (χ1) is 4.13. The molecule has 4 atom stereocenters. The third kappa shape index (κ3) is 1.10. The molecule has 2 heteroatoms. The molecule has 0 radical (unpaired) electrons. The summed E-state index contributed by atoms with van der Waals surface area (Å²) in [4.78, 5) is 0. The van der Waals surface area contributed by atoms with Gasteiger partial charge in [0, 0.05) is 0 Å². The third-order valence-corrected chi connectivity index (χ3v) is 2.26. The van der Waals surface area contributed by atoms with Gasteiger partial charge in [0.25, 0.3) is 0 Å². The van der Waals surface area contributed by atoms with E-state index in [2.05, 4.69) is 0 Å². The molecule has 1 fully saturated rings. The van der Waals surface area contributed by atoms with Gasteiger partial charge in [-0.15, -0.1) is 0 Å². The highest BCUT2D eigenvalue weighted by molar-refractivity contribution is 4.86. The van der Waals surface area contributed by atoms with E-state index in [-0.39, 0.29) is 11.8 Å². The van der Waals surface area contributed by atoms with E-state index in [0.29, 0.717) is 0 Å². The molecule has 0 saturated heterocycles. The first kappa shape index (κ1) is 7.03. The summed E-state index contributed by atoms with van der Waals surface area (Å²) in [7, 11) is 0. The fourth-order valence-electron chi connectivity index (χ4n) is 1.54. The zero-order valence-corrected chi connectivity index (χ0v) is 5.91. The number of aliphatic hydroxyl groups is 2. The number of rotatable bonds is 0. The predicted molar refractivity (Wildman–Crippen MR) is 35.0 cm³/mol. The van der Waals surface area contributed by atoms with Crippen LogP contribution in [-0.2, 0) is 0 Å². The van der Waals surface area contributed by atoms with Crippen molar-refractivity contribution in [2.45, 2.75) is 32.5 Å². The molecule has 1 rings (SSSR count). The molecular weight excluding hydrogens is 116 g/mol. The highest BCUT2D eigenvalue weighted by atomic mass is 16.3. The maximum absolute atomic E-state index is 9.19. The standard InChI is InChI=1S/C7H14O2/c1-4-3-5(2)7(9)6(4)8/h4-9H,3H2,1-2H3/t4-,5+,6-,7?/m0/s1. The van der Waals surface area contributed by atoms with E-state index in [1.807, 2.05) is 13.8 Å². The summed E-state index contributed by atoms with van der Waals surface area (Å²) >= 11 is 0.